The molecule has 0 heterocycles. The zero-order valence-corrected chi connectivity index (χ0v) is 7.97. The maximum Gasteiger partial charge on any atom is 0.147 e. The first-order valence-corrected chi connectivity index (χ1v) is 5.08. The zero-order chi connectivity index (χ0) is 7.98. The maximum atomic E-state index is 10.8. The van der Waals surface area contributed by atoms with E-state index >= 15 is 0 Å². The second-order valence-corrected chi connectivity index (χ2v) is 3.21. The van der Waals surface area contributed by atoms with Gasteiger partial charge in [0.05, 0.1) is 6.04 Å². The molecule has 10 heavy (non-hydrogen) atoms. The van der Waals surface area contributed by atoms with Crippen LogP contribution in [-0.4, -0.2) is 29.7 Å². The van der Waals surface area contributed by atoms with Crippen LogP contribution < -0.4 is 5.32 Å². The molecule has 0 aromatic heterocycles. The second-order valence-electron chi connectivity index (χ2n) is 1.98. The Balaban J connectivity index is 3.50. The molecule has 0 radical (unpaired) electrons. The number of ketones is 1. The minimum Gasteiger partial charge on any atom is -0.298 e. The summed E-state index contributed by atoms with van der Waals surface area (Å²) in [5.41, 5.74) is 0. The number of Topliss-reactive ketones (excluding diaryl/α,β-unsaturated/α-hetero) is 1. The van der Waals surface area contributed by atoms with E-state index in [0.717, 1.165) is 5.88 Å². The van der Waals surface area contributed by atoms with Gasteiger partial charge in [0.2, 0.25) is 0 Å². The van der Waals surface area contributed by atoms with Crippen molar-refractivity contribution < 1.29 is 4.79 Å². The average Bonchev–Trinajstić information content (AvgIpc) is 1.89. The number of nitrogens with one attached hydrogen (secondary N) is 1. The number of thioether (sulfide) groups is 1. The molecule has 2 nitrogen and oxygen atoms in total. The Morgan fingerprint density at radius 3 is 2.70 bits per heavy atom. The molecule has 0 saturated heterocycles. The van der Waals surface area contributed by atoms with Gasteiger partial charge in [-0.1, -0.05) is 0 Å². The minimum atomic E-state index is -0.0733. The second kappa shape index (κ2) is 6.07. The van der Waals surface area contributed by atoms with E-state index in [4.69, 9.17) is 0 Å². The number of thiol groups is 1. The number of hydrogen-bond acceptors (Lipinski definition) is 4. The fraction of sp³-hybridized carbons (Fsp3) is 0.833. The molecule has 0 aliphatic rings. The van der Waals surface area contributed by atoms with Gasteiger partial charge in [-0.15, -0.1) is 11.8 Å². The summed E-state index contributed by atoms with van der Waals surface area (Å²) in [6.07, 6.45) is 1.99. The predicted molar refractivity (Wildman–Crippen MR) is 49.8 cm³/mol. The van der Waals surface area contributed by atoms with Crippen molar-refractivity contribution in [2.24, 2.45) is 0 Å². The molecule has 0 aromatic carbocycles. The van der Waals surface area contributed by atoms with Crippen LogP contribution in [0.1, 0.15) is 6.92 Å². The Labute approximate surface area is 71.6 Å². The van der Waals surface area contributed by atoms with E-state index < -0.39 is 0 Å². The molecule has 1 atom stereocenters. The SMILES string of the molecule is CSCN[C@@H](CS)C(C)=O. The smallest absolute Gasteiger partial charge is 0.147 e. The Bertz CT molecular complexity index is 108. The van der Waals surface area contributed by atoms with Gasteiger partial charge in [-0.05, 0) is 13.2 Å². The van der Waals surface area contributed by atoms with Gasteiger partial charge in [0.1, 0.15) is 5.78 Å². The molecule has 0 aliphatic carbocycles. The first-order chi connectivity index (χ1) is 4.72. The highest BCUT2D eigenvalue weighted by molar-refractivity contribution is 7.98. The topological polar surface area (TPSA) is 29.1 Å². The van der Waals surface area contributed by atoms with E-state index in [1.54, 1.807) is 18.7 Å². The van der Waals surface area contributed by atoms with Crippen molar-refractivity contribution in [2.45, 2.75) is 13.0 Å². The van der Waals surface area contributed by atoms with Crippen molar-refractivity contribution >= 4 is 30.2 Å². The van der Waals surface area contributed by atoms with Crippen LogP contribution in [0.25, 0.3) is 0 Å². The number of carbonyl (C=O) groups excluding carboxylic acids is 1. The number of carbonyl (C=O) groups is 1. The van der Waals surface area contributed by atoms with E-state index in [-0.39, 0.29) is 11.8 Å². The minimum absolute atomic E-state index is 0.0733. The third-order valence-electron chi connectivity index (χ3n) is 1.15. The van der Waals surface area contributed by atoms with Crippen molar-refractivity contribution in [1.29, 1.82) is 0 Å². The van der Waals surface area contributed by atoms with Crippen LogP contribution in [0.5, 0.6) is 0 Å². The molecule has 1 N–H and O–H groups in total. The number of rotatable bonds is 5. The lowest BCUT2D eigenvalue weighted by Gasteiger charge is -2.10. The van der Waals surface area contributed by atoms with Crippen LogP contribution in [0.2, 0.25) is 0 Å². The largest absolute Gasteiger partial charge is 0.298 e. The highest BCUT2D eigenvalue weighted by atomic mass is 32.2. The fourth-order valence-corrected chi connectivity index (χ4v) is 1.27. The summed E-state index contributed by atoms with van der Waals surface area (Å²) < 4.78 is 0. The van der Waals surface area contributed by atoms with Gasteiger partial charge in [-0.25, -0.2) is 0 Å². The van der Waals surface area contributed by atoms with E-state index in [1.165, 1.54) is 0 Å². The van der Waals surface area contributed by atoms with Crippen molar-refractivity contribution in [3.05, 3.63) is 0 Å². The summed E-state index contributed by atoms with van der Waals surface area (Å²) in [5, 5.41) is 3.06. The molecular weight excluding hydrogens is 166 g/mol. The van der Waals surface area contributed by atoms with Gasteiger partial charge in [-0.3, -0.25) is 10.1 Å². The molecule has 0 aromatic rings. The summed E-state index contributed by atoms with van der Waals surface area (Å²) in [5.74, 6) is 1.55. The molecule has 0 fully saturated rings. The normalized spacial score (nSPS) is 13.1. The van der Waals surface area contributed by atoms with Crippen LogP contribution in [0.4, 0.5) is 0 Å². The predicted octanol–water partition coefficient (Wildman–Crippen LogP) is 0.784. The van der Waals surface area contributed by atoms with Gasteiger partial charge in [0, 0.05) is 11.6 Å². The molecule has 0 unspecified atom stereocenters. The molecule has 0 spiro atoms. The van der Waals surface area contributed by atoms with Crippen molar-refractivity contribution in [1.82, 2.24) is 5.32 Å². The van der Waals surface area contributed by atoms with Crippen molar-refractivity contribution in [3.8, 4) is 0 Å². The Morgan fingerprint density at radius 1 is 1.80 bits per heavy atom. The molecule has 4 heteroatoms. The van der Waals surface area contributed by atoms with Crippen LogP contribution in [0.3, 0.4) is 0 Å². The molecule has 0 rings (SSSR count). The molecule has 60 valence electrons. The monoisotopic (exact) mass is 179 g/mol. The fourth-order valence-electron chi connectivity index (χ4n) is 0.521. The third-order valence-corrected chi connectivity index (χ3v) is 1.97. The van der Waals surface area contributed by atoms with Crippen molar-refractivity contribution in [3.63, 3.8) is 0 Å². The molecular formula is C6H13NOS2. The van der Waals surface area contributed by atoms with Crippen molar-refractivity contribution in [2.75, 3.05) is 17.9 Å². The average molecular weight is 179 g/mol. The summed E-state index contributed by atoms with van der Waals surface area (Å²) in [4.78, 5) is 10.8. The van der Waals surface area contributed by atoms with Gasteiger partial charge in [0.25, 0.3) is 0 Å². The summed E-state index contributed by atoms with van der Waals surface area (Å²) in [6.45, 7) is 1.58. The summed E-state index contributed by atoms with van der Waals surface area (Å²) >= 11 is 5.70. The Kier molecular flexibility index (Phi) is 6.27. The first-order valence-electron chi connectivity index (χ1n) is 3.06. The van der Waals surface area contributed by atoms with Crippen LogP contribution >= 0.6 is 24.4 Å². The molecule has 0 bridgehead atoms. The lowest BCUT2D eigenvalue weighted by Crippen LogP contribution is -2.36. The quantitative estimate of drug-likeness (QED) is 0.483. The Morgan fingerprint density at radius 2 is 2.40 bits per heavy atom. The highest BCUT2D eigenvalue weighted by Gasteiger charge is 2.09. The van der Waals surface area contributed by atoms with Gasteiger partial charge in [0.15, 0.2) is 0 Å². The molecule has 0 aliphatic heterocycles. The lowest BCUT2D eigenvalue weighted by atomic mass is 10.2. The maximum absolute atomic E-state index is 10.8. The van der Waals surface area contributed by atoms with Gasteiger partial charge >= 0.3 is 0 Å². The first kappa shape index (κ1) is 10.3. The van der Waals surface area contributed by atoms with E-state index in [0.29, 0.717) is 5.75 Å². The zero-order valence-electron chi connectivity index (χ0n) is 6.26. The third kappa shape index (κ3) is 4.19. The lowest BCUT2D eigenvalue weighted by molar-refractivity contribution is -0.118. The van der Waals surface area contributed by atoms with Crippen LogP contribution in [0.15, 0.2) is 0 Å². The summed E-state index contributed by atoms with van der Waals surface area (Å²) in [7, 11) is 0. The van der Waals surface area contributed by atoms with Gasteiger partial charge in [-0.2, -0.15) is 12.6 Å². The standard InChI is InChI=1S/C6H13NOS2/c1-5(8)6(3-9)7-4-10-2/h6-7,9H,3-4H2,1-2H3/t6-/m0/s1. The summed E-state index contributed by atoms with van der Waals surface area (Å²) in [6, 6.07) is -0.0733. The number of hydrogen-bond donors (Lipinski definition) is 2. The molecule has 0 amide bonds. The van der Waals surface area contributed by atoms with E-state index in [1.807, 2.05) is 6.26 Å². The van der Waals surface area contributed by atoms with E-state index in [9.17, 15) is 4.79 Å². The van der Waals surface area contributed by atoms with E-state index in [2.05, 4.69) is 17.9 Å². The van der Waals surface area contributed by atoms with Gasteiger partial charge < -0.3 is 0 Å². The highest BCUT2D eigenvalue weighted by Crippen LogP contribution is 1.93. The Hall–Kier alpha value is 0.330. The van der Waals surface area contributed by atoms with Crippen LogP contribution in [-0.2, 0) is 4.79 Å². The van der Waals surface area contributed by atoms with Crippen LogP contribution in [0, 0.1) is 0 Å². The molecule has 0 saturated carbocycles.